The first-order valence-electron chi connectivity index (χ1n) is 6.04. The largest absolute Gasteiger partial charge is 0.486 e. The highest BCUT2D eigenvalue weighted by Gasteiger charge is 2.11. The SMILES string of the molecule is Nc1ccc(Cc2ccc3c(c2)OCCO3)cc1. The maximum Gasteiger partial charge on any atom is 0.161 e. The molecule has 18 heavy (non-hydrogen) atoms. The summed E-state index contributed by atoms with van der Waals surface area (Å²) in [5.41, 5.74) is 8.92. The number of hydrogen-bond acceptors (Lipinski definition) is 3. The third-order valence-corrected chi connectivity index (χ3v) is 2.99. The molecule has 0 atom stereocenters. The minimum atomic E-state index is 0.623. The van der Waals surface area contributed by atoms with Gasteiger partial charge in [0.1, 0.15) is 13.2 Å². The van der Waals surface area contributed by atoms with Crippen molar-refractivity contribution in [2.45, 2.75) is 6.42 Å². The summed E-state index contributed by atoms with van der Waals surface area (Å²) >= 11 is 0. The van der Waals surface area contributed by atoms with Crippen molar-refractivity contribution in [1.29, 1.82) is 0 Å². The van der Waals surface area contributed by atoms with E-state index in [-0.39, 0.29) is 0 Å². The molecule has 3 rings (SSSR count). The minimum Gasteiger partial charge on any atom is -0.486 e. The van der Waals surface area contributed by atoms with Gasteiger partial charge in [0, 0.05) is 5.69 Å². The molecule has 0 saturated heterocycles. The number of ether oxygens (including phenoxy) is 2. The van der Waals surface area contributed by atoms with Crippen LogP contribution in [0.15, 0.2) is 42.5 Å². The topological polar surface area (TPSA) is 44.5 Å². The van der Waals surface area contributed by atoms with Gasteiger partial charge in [0.05, 0.1) is 0 Å². The molecular weight excluding hydrogens is 226 g/mol. The fourth-order valence-corrected chi connectivity index (χ4v) is 2.07. The van der Waals surface area contributed by atoms with Gasteiger partial charge in [-0.3, -0.25) is 0 Å². The molecule has 0 aliphatic carbocycles. The third kappa shape index (κ3) is 2.25. The first kappa shape index (κ1) is 11.0. The molecule has 3 nitrogen and oxygen atoms in total. The van der Waals surface area contributed by atoms with E-state index < -0.39 is 0 Å². The molecule has 2 N–H and O–H groups in total. The molecule has 0 amide bonds. The van der Waals surface area contributed by atoms with Gasteiger partial charge in [-0.1, -0.05) is 18.2 Å². The lowest BCUT2D eigenvalue weighted by Crippen LogP contribution is -2.15. The Balaban J connectivity index is 1.82. The molecule has 1 heterocycles. The first-order chi connectivity index (χ1) is 8.81. The summed E-state index contributed by atoms with van der Waals surface area (Å²) in [6.45, 7) is 1.25. The van der Waals surface area contributed by atoms with Gasteiger partial charge >= 0.3 is 0 Å². The average Bonchev–Trinajstić information content (AvgIpc) is 2.41. The minimum absolute atomic E-state index is 0.623. The summed E-state index contributed by atoms with van der Waals surface area (Å²) in [5, 5.41) is 0. The second-order valence-corrected chi connectivity index (χ2v) is 4.40. The lowest BCUT2D eigenvalue weighted by molar-refractivity contribution is 0.171. The quantitative estimate of drug-likeness (QED) is 0.822. The normalized spacial score (nSPS) is 13.3. The predicted molar refractivity (Wildman–Crippen MR) is 71.1 cm³/mol. The standard InChI is InChI=1S/C15H15NO2/c16-13-4-1-11(2-5-13)9-12-3-6-14-15(10-12)18-8-7-17-14/h1-6,10H,7-9,16H2. The molecule has 92 valence electrons. The molecule has 0 radical (unpaired) electrons. The molecule has 2 aromatic rings. The van der Waals surface area contributed by atoms with Crippen LogP contribution >= 0.6 is 0 Å². The maximum atomic E-state index is 5.67. The summed E-state index contributed by atoms with van der Waals surface area (Å²) in [6, 6.07) is 14.0. The molecule has 0 aromatic heterocycles. The Morgan fingerprint density at radius 3 is 2.28 bits per heavy atom. The van der Waals surface area contributed by atoms with Crippen LogP contribution in [0, 0.1) is 0 Å². The van der Waals surface area contributed by atoms with Crippen molar-refractivity contribution < 1.29 is 9.47 Å². The Morgan fingerprint density at radius 1 is 0.833 bits per heavy atom. The molecular formula is C15H15NO2. The Hall–Kier alpha value is -2.16. The average molecular weight is 241 g/mol. The maximum absolute atomic E-state index is 5.67. The van der Waals surface area contributed by atoms with Crippen LogP contribution in [0.5, 0.6) is 11.5 Å². The van der Waals surface area contributed by atoms with E-state index >= 15 is 0 Å². The summed E-state index contributed by atoms with van der Waals surface area (Å²) < 4.78 is 11.1. The van der Waals surface area contributed by atoms with Crippen LogP contribution in [-0.2, 0) is 6.42 Å². The second kappa shape index (κ2) is 4.61. The molecule has 1 aliphatic heterocycles. The van der Waals surface area contributed by atoms with Crippen LogP contribution in [0.4, 0.5) is 5.69 Å². The highest BCUT2D eigenvalue weighted by atomic mass is 16.6. The molecule has 0 bridgehead atoms. The van der Waals surface area contributed by atoms with Crippen molar-refractivity contribution in [1.82, 2.24) is 0 Å². The van der Waals surface area contributed by atoms with Crippen molar-refractivity contribution in [2.75, 3.05) is 18.9 Å². The Morgan fingerprint density at radius 2 is 1.50 bits per heavy atom. The zero-order chi connectivity index (χ0) is 12.4. The zero-order valence-corrected chi connectivity index (χ0v) is 10.1. The third-order valence-electron chi connectivity index (χ3n) is 2.99. The van der Waals surface area contributed by atoms with Gasteiger partial charge < -0.3 is 15.2 Å². The number of anilines is 1. The van der Waals surface area contributed by atoms with Gasteiger partial charge in [-0.2, -0.15) is 0 Å². The van der Waals surface area contributed by atoms with Gasteiger partial charge in [0.2, 0.25) is 0 Å². The van der Waals surface area contributed by atoms with Gasteiger partial charge in [-0.05, 0) is 41.8 Å². The van der Waals surface area contributed by atoms with E-state index in [2.05, 4.69) is 6.07 Å². The smallest absolute Gasteiger partial charge is 0.161 e. The Labute approximate surface area is 106 Å². The van der Waals surface area contributed by atoms with E-state index in [9.17, 15) is 0 Å². The highest BCUT2D eigenvalue weighted by molar-refractivity contribution is 5.46. The van der Waals surface area contributed by atoms with Crippen LogP contribution < -0.4 is 15.2 Å². The lowest BCUT2D eigenvalue weighted by Gasteiger charge is -2.18. The molecule has 3 heteroatoms. The highest BCUT2D eigenvalue weighted by Crippen LogP contribution is 2.31. The Bertz CT molecular complexity index is 549. The van der Waals surface area contributed by atoms with E-state index in [0.29, 0.717) is 13.2 Å². The Kier molecular flexibility index (Phi) is 2.81. The van der Waals surface area contributed by atoms with Crippen molar-refractivity contribution >= 4 is 5.69 Å². The summed E-state index contributed by atoms with van der Waals surface area (Å²) in [6.07, 6.45) is 0.872. The van der Waals surface area contributed by atoms with E-state index in [4.69, 9.17) is 15.2 Å². The van der Waals surface area contributed by atoms with Crippen molar-refractivity contribution in [3.63, 3.8) is 0 Å². The van der Waals surface area contributed by atoms with Gasteiger partial charge in [0.25, 0.3) is 0 Å². The number of fused-ring (bicyclic) bond motifs is 1. The first-order valence-corrected chi connectivity index (χ1v) is 6.04. The number of nitrogen functional groups attached to an aromatic ring is 1. The van der Waals surface area contributed by atoms with E-state index in [0.717, 1.165) is 23.6 Å². The second-order valence-electron chi connectivity index (χ2n) is 4.40. The fraction of sp³-hybridized carbons (Fsp3) is 0.200. The summed E-state index contributed by atoms with van der Waals surface area (Å²) in [7, 11) is 0. The monoisotopic (exact) mass is 241 g/mol. The van der Waals surface area contributed by atoms with Crippen molar-refractivity contribution in [3.8, 4) is 11.5 Å². The van der Waals surface area contributed by atoms with E-state index in [1.807, 2.05) is 36.4 Å². The van der Waals surface area contributed by atoms with E-state index in [1.54, 1.807) is 0 Å². The molecule has 2 aromatic carbocycles. The van der Waals surface area contributed by atoms with Crippen molar-refractivity contribution in [3.05, 3.63) is 53.6 Å². The van der Waals surface area contributed by atoms with Gasteiger partial charge in [0.15, 0.2) is 11.5 Å². The number of rotatable bonds is 2. The molecule has 0 saturated carbocycles. The molecule has 0 spiro atoms. The summed E-state index contributed by atoms with van der Waals surface area (Å²) in [5.74, 6) is 1.68. The van der Waals surface area contributed by atoms with Crippen LogP contribution in [0.1, 0.15) is 11.1 Å². The van der Waals surface area contributed by atoms with Crippen LogP contribution in [-0.4, -0.2) is 13.2 Å². The van der Waals surface area contributed by atoms with Gasteiger partial charge in [-0.25, -0.2) is 0 Å². The van der Waals surface area contributed by atoms with Gasteiger partial charge in [-0.15, -0.1) is 0 Å². The number of hydrogen-bond donors (Lipinski definition) is 1. The fourth-order valence-electron chi connectivity index (χ4n) is 2.07. The van der Waals surface area contributed by atoms with Crippen LogP contribution in [0.3, 0.4) is 0 Å². The zero-order valence-electron chi connectivity index (χ0n) is 10.1. The molecule has 0 fully saturated rings. The number of benzene rings is 2. The molecule has 0 unspecified atom stereocenters. The van der Waals surface area contributed by atoms with Crippen molar-refractivity contribution in [2.24, 2.45) is 0 Å². The van der Waals surface area contributed by atoms with E-state index in [1.165, 1.54) is 11.1 Å². The van der Waals surface area contributed by atoms with Crippen LogP contribution in [0.25, 0.3) is 0 Å². The number of nitrogens with two attached hydrogens (primary N) is 1. The van der Waals surface area contributed by atoms with Crippen LogP contribution in [0.2, 0.25) is 0 Å². The molecule has 1 aliphatic rings. The predicted octanol–water partition coefficient (Wildman–Crippen LogP) is 2.63. The lowest BCUT2D eigenvalue weighted by atomic mass is 10.0. The summed E-state index contributed by atoms with van der Waals surface area (Å²) in [4.78, 5) is 0.